The molecule has 24 heavy (non-hydrogen) atoms. The molecule has 124 valence electrons. The van der Waals surface area contributed by atoms with Crippen molar-refractivity contribution in [2.45, 2.75) is 13.3 Å². The zero-order chi connectivity index (χ0) is 16.4. The molecule has 4 rings (SSSR count). The van der Waals surface area contributed by atoms with Crippen molar-refractivity contribution in [3.8, 4) is 5.75 Å². The van der Waals surface area contributed by atoms with Crippen LogP contribution in [0.4, 0.5) is 11.5 Å². The highest BCUT2D eigenvalue weighted by molar-refractivity contribution is 7.17. The van der Waals surface area contributed by atoms with Crippen LogP contribution in [-0.2, 0) is 4.74 Å². The van der Waals surface area contributed by atoms with Crippen LogP contribution in [-0.4, -0.2) is 29.8 Å². The number of nitrogens with one attached hydrogen (secondary N) is 1. The van der Waals surface area contributed by atoms with Crippen molar-refractivity contribution in [3.05, 3.63) is 41.5 Å². The Bertz CT molecular complexity index is 843. The standard InChI is InChI=1S/C18H19N3O2S/c1-12-10-24-18-16(12)17(19-11-20-18)21-14-4-2-3-5-15(14)23-9-13-6-7-22-8-13/h2-5,10-11,13H,6-9H2,1H3,(H,19,20,21). The van der Waals surface area contributed by atoms with Crippen LogP contribution in [0.5, 0.6) is 5.75 Å². The summed E-state index contributed by atoms with van der Waals surface area (Å²) in [6, 6.07) is 7.97. The number of nitrogens with zero attached hydrogens (tertiary/aromatic N) is 2. The van der Waals surface area contributed by atoms with Gasteiger partial charge in [-0.25, -0.2) is 9.97 Å². The lowest BCUT2D eigenvalue weighted by Crippen LogP contribution is -2.12. The predicted molar refractivity (Wildman–Crippen MR) is 96.3 cm³/mol. The van der Waals surface area contributed by atoms with E-state index >= 15 is 0 Å². The summed E-state index contributed by atoms with van der Waals surface area (Å²) < 4.78 is 11.4. The molecule has 0 spiro atoms. The van der Waals surface area contributed by atoms with Crippen LogP contribution in [0.25, 0.3) is 10.2 Å². The Morgan fingerprint density at radius 2 is 2.25 bits per heavy atom. The summed E-state index contributed by atoms with van der Waals surface area (Å²) in [5.74, 6) is 2.13. The van der Waals surface area contributed by atoms with Gasteiger partial charge in [0.25, 0.3) is 0 Å². The fourth-order valence-electron chi connectivity index (χ4n) is 2.86. The zero-order valence-corrected chi connectivity index (χ0v) is 14.3. The maximum Gasteiger partial charge on any atom is 0.142 e. The molecule has 1 atom stereocenters. The van der Waals surface area contributed by atoms with Gasteiger partial charge in [-0.3, -0.25) is 0 Å². The summed E-state index contributed by atoms with van der Waals surface area (Å²) >= 11 is 1.63. The van der Waals surface area contributed by atoms with E-state index in [4.69, 9.17) is 9.47 Å². The zero-order valence-electron chi connectivity index (χ0n) is 13.5. The Morgan fingerprint density at radius 3 is 3.12 bits per heavy atom. The fourth-order valence-corrected chi connectivity index (χ4v) is 3.75. The first kappa shape index (κ1) is 15.4. The topological polar surface area (TPSA) is 56.3 Å². The molecule has 2 aromatic heterocycles. The van der Waals surface area contributed by atoms with Crippen LogP contribution in [0.1, 0.15) is 12.0 Å². The van der Waals surface area contributed by atoms with E-state index in [-0.39, 0.29) is 0 Å². The van der Waals surface area contributed by atoms with Crippen molar-refractivity contribution in [2.75, 3.05) is 25.1 Å². The van der Waals surface area contributed by atoms with Gasteiger partial charge in [-0.05, 0) is 36.4 Å². The number of fused-ring (bicyclic) bond motifs is 1. The van der Waals surface area contributed by atoms with Gasteiger partial charge in [0.15, 0.2) is 0 Å². The maximum atomic E-state index is 6.03. The van der Waals surface area contributed by atoms with Gasteiger partial charge in [0.2, 0.25) is 0 Å². The van der Waals surface area contributed by atoms with E-state index in [0.717, 1.165) is 47.1 Å². The quantitative estimate of drug-likeness (QED) is 0.755. The number of aryl methyl sites for hydroxylation is 1. The predicted octanol–water partition coefficient (Wildman–Crippen LogP) is 4.16. The number of ether oxygens (including phenoxy) is 2. The largest absolute Gasteiger partial charge is 0.491 e. The van der Waals surface area contributed by atoms with Crippen LogP contribution in [0, 0.1) is 12.8 Å². The van der Waals surface area contributed by atoms with E-state index in [9.17, 15) is 0 Å². The number of hydrogen-bond acceptors (Lipinski definition) is 6. The summed E-state index contributed by atoms with van der Waals surface area (Å²) in [5.41, 5.74) is 2.10. The van der Waals surface area contributed by atoms with Gasteiger partial charge in [0, 0.05) is 12.5 Å². The molecule has 1 saturated heterocycles. The Labute approximate surface area is 144 Å². The molecule has 0 aliphatic carbocycles. The van der Waals surface area contributed by atoms with Crippen molar-refractivity contribution in [2.24, 2.45) is 5.92 Å². The fraction of sp³-hybridized carbons (Fsp3) is 0.333. The molecule has 0 amide bonds. The Kier molecular flexibility index (Phi) is 4.32. The average Bonchev–Trinajstić information content (AvgIpc) is 3.25. The van der Waals surface area contributed by atoms with Crippen molar-refractivity contribution < 1.29 is 9.47 Å². The summed E-state index contributed by atoms with van der Waals surface area (Å²) in [5, 5.41) is 6.59. The lowest BCUT2D eigenvalue weighted by atomic mass is 10.1. The van der Waals surface area contributed by atoms with Gasteiger partial charge in [-0.1, -0.05) is 12.1 Å². The molecule has 0 saturated carbocycles. The SMILES string of the molecule is Cc1csc2ncnc(Nc3ccccc3OCC3CCOC3)c12. The molecular weight excluding hydrogens is 322 g/mol. The normalized spacial score (nSPS) is 17.3. The van der Waals surface area contributed by atoms with Gasteiger partial charge in [-0.2, -0.15) is 0 Å². The van der Waals surface area contributed by atoms with Crippen LogP contribution in [0.15, 0.2) is 36.0 Å². The van der Waals surface area contributed by atoms with Crippen LogP contribution in [0.2, 0.25) is 0 Å². The van der Waals surface area contributed by atoms with Gasteiger partial charge in [0.1, 0.15) is 22.7 Å². The van der Waals surface area contributed by atoms with Crippen LogP contribution >= 0.6 is 11.3 Å². The van der Waals surface area contributed by atoms with Crippen molar-refractivity contribution in [1.82, 2.24) is 9.97 Å². The first-order valence-corrected chi connectivity index (χ1v) is 8.94. The third kappa shape index (κ3) is 3.07. The van der Waals surface area contributed by atoms with E-state index in [1.807, 2.05) is 24.3 Å². The Morgan fingerprint density at radius 1 is 1.33 bits per heavy atom. The number of hydrogen-bond donors (Lipinski definition) is 1. The van der Waals surface area contributed by atoms with Crippen molar-refractivity contribution in [1.29, 1.82) is 0 Å². The number of benzene rings is 1. The molecule has 3 heterocycles. The molecule has 0 radical (unpaired) electrons. The maximum absolute atomic E-state index is 6.03. The molecule has 1 aliphatic heterocycles. The van der Waals surface area contributed by atoms with Crippen LogP contribution in [0.3, 0.4) is 0 Å². The minimum Gasteiger partial charge on any atom is -0.491 e. The monoisotopic (exact) mass is 341 g/mol. The highest BCUT2D eigenvalue weighted by Gasteiger charge is 2.17. The molecular formula is C18H19N3O2S. The lowest BCUT2D eigenvalue weighted by Gasteiger charge is -2.15. The first-order valence-electron chi connectivity index (χ1n) is 8.06. The second kappa shape index (κ2) is 6.75. The second-order valence-electron chi connectivity index (χ2n) is 5.98. The Hall–Kier alpha value is -2.18. The van der Waals surface area contributed by atoms with E-state index in [1.165, 1.54) is 5.56 Å². The highest BCUT2D eigenvalue weighted by atomic mass is 32.1. The highest BCUT2D eigenvalue weighted by Crippen LogP contribution is 2.33. The summed E-state index contributed by atoms with van der Waals surface area (Å²) in [6.07, 6.45) is 2.66. The Balaban J connectivity index is 1.58. The minimum atomic E-state index is 0.475. The van der Waals surface area contributed by atoms with Gasteiger partial charge in [-0.15, -0.1) is 11.3 Å². The van der Waals surface area contributed by atoms with Gasteiger partial charge < -0.3 is 14.8 Å². The molecule has 1 aliphatic rings. The minimum absolute atomic E-state index is 0.475. The molecule has 5 nitrogen and oxygen atoms in total. The molecule has 6 heteroatoms. The number of aromatic nitrogens is 2. The third-order valence-corrected chi connectivity index (χ3v) is 5.20. The van der Waals surface area contributed by atoms with E-state index < -0.39 is 0 Å². The second-order valence-corrected chi connectivity index (χ2v) is 6.84. The molecule has 1 fully saturated rings. The van der Waals surface area contributed by atoms with E-state index in [1.54, 1.807) is 17.7 Å². The lowest BCUT2D eigenvalue weighted by molar-refractivity contribution is 0.167. The molecule has 0 bridgehead atoms. The summed E-state index contributed by atoms with van der Waals surface area (Å²) in [6.45, 7) is 4.38. The molecule has 1 N–H and O–H groups in total. The number of thiophene rings is 1. The van der Waals surface area contributed by atoms with E-state index in [2.05, 4.69) is 27.6 Å². The summed E-state index contributed by atoms with van der Waals surface area (Å²) in [4.78, 5) is 9.75. The van der Waals surface area contributed by atoms with Crippen molar-refractivity contribution in [3.63, 3.8) is 0 Å². The van der Waals surface area contributed by atoms with Gasteiger partial charge in [0.05, 0.1) is 24.3 Å². The molecule has 1 unspecified atom stereocenters. The van der Waals surface area contributed by atoms with Crippen LogP contribution < -0.4 is 10.1 Å². The molecule has 1 aromatic carbocycles. The van der Waals surface area contributed by atoms with Crippen molar-refractivity contribution >= 4 is 33.1 Å². The molecule has 3 aromatic rings. The summed E-state index contributed by atoms with van der Waals surface area (Å²) in [7, 11) is 0. The number of para-hydroxylation sites is 2. The number of anilines is 2. The average molecular weight is 341 g/mol. The smallest absolute Gasteiger partial charge is 0.142 e. The van der Waals surface area contributed by atoms with Gasteiger partial charge >= 0.3 is 0 Å². The van der Waals surface area contributed by atoms with E-state index in [0.29, 0.717) is 12.5 Å². The number of rotatable bonds is 5. The third-order valence-electron chi connectivity index (χ3n) is 4.19. The first-order chi connectivity index (χ1) is 11.8.